The van der Waals surface area contributed by atoms with Crippen LogP contribution in [-0.4, -0.2) is 13.2 Å². The summed E-state index contributed by atoms with van der Waals surface area (Å²) in [6, 6.07) is 10.8. The number of rotatable bonds is 7. The molecule has 1 aromatic carbocycles. The maximum absolute atomic E-state index is 5.87. The lowest BCUT2D eigenvalue weighted by atomic mass is 10.2. The third-order valence-electron chi connectivity index (χ3n) is 3.65. The van der Waals surface area contributed by atoms with Gasteiger partial charge in [-0.25, -0.2) is 0 Å². The molecule has 1 fully saturated rings. The Labute approximate surface area is 129 Å². The Balaban J connectivity index is 1.58. The van der Waals surface area contributed by atoms with Crippen molar-refractivity contribution in [3.05, 3.63) is 45.6 Å². The van der Waals surface area contributed by atoms with Gasteiger partial charge in [-0.05, 0) is 38.0 Å². The smallest absolute Gasteiger partial charge is 0.123 e. The van der Waals surface area contributed by atoms with Crippen molar-refractivity contribution in [1.82, 2.24) is 5.32 Å². The summed E-state index contributed by atoms with van der Waals surface area (Å²) in [7, 11) is 1.67. The fourth-order valence-electron chi connectivity index (χ4n) is 2.20. The lowest BCUT2D eigenvalue weighted by Crippen LogP contribution is -2.14. The topological polar surface area (TPSA) is 30.5 Å². The first kappa shape index (κ1) is 14.4. The molecule has 3 nitrogen and oxygen atoms in total. The molecular weight excluding hydrogens is 282 g/mol. The van der Waals surface area contributed by atoms with Crippen molar-refractivity contribution in [3.63, 3.8) is 0 Å². The van der Waals surface area contributed by atoms with E-state index in [9.17, 15) is 0 Å². The molecule has 0 aliphatic heterocycles. The van der Waals surface area contributed by atoms with E-state index in [0.29, 0.717) is 6.61 Å². The molecule has 21 heavy (non-hydrogen) atoms. The number of ether oxygens (including phenoxy) is 2. The highest BCUT2D eigenvalue weighted by atomic mass is 32.1. The van der Waals surface area contributed by atoms with Crippen molar-refractivity contribution in [2.24, 2.45) is 0 Å². The first-order valence-electron chi connectivity index (χ1n) is 7.33. The second-order valence-electron chi connectivity index (χ2n) is 5.42. The lowest BCUT2D eigenvalue weighted by molar-refractivity contribution is 0.303. The van der Waals surface area contributed by atoms with Crippen molar-refractivity contribution >= 4 is 11.3 Å². The molecule has 0 radical (unpaired) electrons. The third kappa shape index (κ3) is 3.99. The molecule has 1 aliphatic carbocycles. The van der Waals surface area contributed by atoms with Crippen molar-refractivity contribution in [3.8, 4) is 11.5 Å². The molecule has 0 saturated heterocycles. The van der Waals surface area contributed by atoms with E-state index in [1.54, 1.807) is 7.11 Å². The van der Waals surface area contributed by atoms with Crippen molar-refractivity contribution in [2.75, 3.05) is 7.11 Å². The van der Waals surface area contributed by atoms with Crippen LogP contribution in [-0.2, 0) is 13.2 Å². The van der Waals surface area contributed by atoms with Crippen LogP contribution in [0.2, 0.25) is 0 Å². The van der Waals surface area contributed by atoms with Crippen LogP contribution < -0.4 is 14.8 Å². The van der Waals surface area contributed by atoms with Gasteiger partial charge in [0.1, 0.15) is 18.1 Å². The molecule has 1 heterocycles. The van der Waals surface area contributed by atoms with E-state index < -0.39 is 0 Å². The van der Waals surface area contributed by atoms with E-state index in [4.69, 9.17) is 9.47 Å². The van der Waals surface area contributed by atoms with Gasteiger partial charge in [-0.2, -0.15) is 0 Å². The van der Waals surface area contributed by atoms with Crippen LogP contribution in [0.15, 0.2) is 30.3 Å². The standard InChI is InChI=1S/C17H21NO2S/c1-12-13(8-17(21-12)10-18-14-6-7-14)11-20-16-5-3-4-15(9-16)19-2/h3-5,8-9,14,18H,6-7,10-11H2,1-2H3. The average Bonchev–Trinajstić information content (AvgIpc) is 3.27. The second-order valence-corrected chi connectivity index (χ2v) is 6.76. The molecule has 0 spiro atoms. The molecule has 4 heteroatoms. The first-order chi connectivity index (χ1) is 10.2. The molecule has 1 saturated carbocycles. The van der Waals surface area contributed by atoms with Gasteiger partial charge in [0.15, 0.2) is 0 Å². The number of nitrogens with one attached hydrogen (secondary N) is 1. The normalized spacial score (nSPS) is 14.2. The summed E-state index contributed by atoms with van der Waals surface area (Å²) in [5, 5.41) is 3.56. The monoisotopic (exact) mass is 303 g/mol. The summed E-state index contributed by atoms with van der Waals surface area (Å²) < 4.78 is 11.1. The summed E-state index contributed by atoms with van der Waals surface area (Å²) in [6.45, 7) is 3.75. The van der Waals surface area contributed by atoms with Gasteiger partial charge in [-0.3, -0.25) is 0 Å². The van der Waals surface area contributed by atoms with Crippen LogP contribution in [0.4, 0.5) is 0 Å². The van der Waals surface area contributed by atoms with Crippen molar-refractivity contribution in [1.29, 1.82) is 0 Å². The highest BCUT2D eigenvalue weighted by Gasteiger charge is 2.20. The lowest BCUT2D eigenvalue weighted by Gasteiger charge is -2.07. The molecule has 0 unspecified atom stereocenters. The molecule has 0 amide bonds. The average molecular weight is 303 g/mol. The van der Waals surface area contributed by atoms with Crippen LogP contribution >= 0.6 is 11.3 Å². The Morgan fingerprint density at radius 1 is 1.24 bits per heavy atom. The van der Waals surface area contributed by atoms with E-state index in [2.05, 4.69) is 18.3 Å². The van der Waals surface area contributed by atoms with Gasteiger partial charge in [-0.1, -0.05) is 6.07 Å². The number of thiophene rings is 1. The van der Waals surface area contributed by atoms with Gasteiger partial charge in [0, 0.05) is 34.0 Å². The molecule has 3 rings (SSSR count). The molecule has 0 bridgehead atoms. The number of methoxy groups -OCH3 is 1. The molecule has 1 N–H and O–H groups in total. The van der Waals surface area contributed by atoms with Gasteiger partial charge >= 0.3 is 0 Å². The zero-order chi connectivity index (χ0) is 14.7. The van der Waals surface area contributed by atoms with Crippen LogP contribution in [0.3, 0.4) is 0 Å². The molecule has 112 valence electrons. The van der Waals surface area contributed by atoms with E-state index >= 15 is 0 Å². The van der Waals surface area contributed by atoms with Crippen LogP contribution in [0, 0.1) is 6.92 Å². The highest BCUT2D eigenvalue weighted by Crippen LogP contribution is 2.26. The SMILES string of the molecule is COc1cccc(OCc2cc(CNC3CC3)sc2C)c1. The summed E-state index contributed by atoms with van der Waals surface area (Å²) >= 11 is 1.86. The van der Waals surface area contributed by atoms with Crippen LogP contribution in [0.25, 0.3) is 0 Å². The minimum atomic E-state index is 0.610. The summed E-state index contributed by atoms with van der Waals surface area (Å²) in [5.41, 5.74) is 1.27. The van der Waals surface area contributed by atoms with E-state index in [-0.39, 0.29) is 0 Å². The Kier molecular flexibility index (Phi) is 4.46. The summed E-state index contributed by atoms with van der Waals surface area (Å²) in [6.07, 6.45) is 2.66. The largest absolute Gasteiger partial charge is 0.497 e. The van der Waals surface area contributed by atoms with E-state index in [1.807, 2.05) is 35.6 Å². The highest BCUT2D eigenvalue weighted by molar-refractivity contribution is 7.12. The minimum Gasteiger partial charge on any atom is -0.497 e. The maximum atomic E-state index is 5.87. The second kappa shape index (κ2) is 6.50. The number of hydrogen-bond acceptors (Lipinski definition) is 4. The predicted octanol–water partition coefficient (Wildman–Crippen LogP) is 3.90. The molecule has 1 aromatic heterocycles. The van der Waals surface area contributed by atoms with Gasteiger partial charge in [0.05, 0.1) is 7.11 Å². The Bertz CT molecular complexity index is 605. The fourth-order valence-corrected chi connectivity index (χ4v) is 3.20. The Morgan fingerprint density at radius 2 is 2.05 bits per heavy atom. The van der Waals surface area contributed by atoms with E-state index in [1.165, 1.54) is 28.2 Å². The number of hydrogen-bond donors (Lipinski definition) is 1. The fraction of sp³-hybridized carbons (Fsp3) is 0.412. The predicted molar refractivity (Wildman–Crippen MR) is 86.2 cm³/mol. The molecular formula is C17H21NO2S. The van der Waals surface area contributed by atoms with Crippen LogP contribution in [0.5, 0.6) is 11.5 Å². The Hall–Kier alpha value is -1.52. The summed E-state index contributed by atoms with van der Waals surface area (Å²) in [5.74, 6) is 1.67. The number of aryl methyl sites for hydroxylation is 1. The van der Waals surface area contributed by atoms with Gasteiger partial charge < -0.3 is 14.8 Å². The first-order valence-corrected chi connectivity index (χ1v) is 8.14. The van der Waals surface area contributed by atoms with Crippen molar-refractivity contribution in [2.45, 2.75) is 39.0 Å². The molecule has 0 atom stereocenters. The zero-order valence-electron chi connectivity index (χ0n) is 12.5. The molecule has 2 aromatic rings. The van der Waals surface area contributed by atoms with Gasteiger partial charge in [-0.15, -0.1) is 11.3 Å². The third-order valence-corrected chi connectivity index (χ3v) is 4.74. The quantitative estimate of drug-likeness (QED) is 0.841. The minimum absolute atomic E-state index is 0.610. The van der Waals surface area contributed by atoms with E-state index in [0.717, 1.165) is 24.1 Å². The van der Waals surface area contributed by atoms with Gasteiger partial charge in [0.25, 0.3) is 0 Å². The van der Waals surface area contributed by atoms with Crippen molar-refractivity contribution < 1.29 is 9.47 Å². The van der Waals surface area contributed by atoms with Crippen LogP contribution in [0.1, 0.15) is 28.2 Å². The summed E-state index contributed by atoms with van der Waals surface area (Å²) in [4.78, 5) is 2.73. The van der Waals surface area contributed by atoms with Gasteiger partial charge in [0.2, 0.25) is 0 Å². The molecule has 1 aliphatic rings. The number of benzene rings is 1. The zero-order valence-corrected chi connectivity index (χ0v) is 13.3. The Morgan fingerprint density at radius 3 is 2.81 bits per heavy atom. The maximum Gasteiger partial charge on any atom is 0.123 e.